The zero-order valence-electron chi connectivity index (χ0n) is 15.9. The number of rotatable bonds is 4. The first-order valence-corrected chi connectivity index (χ1v) is 10.4. The molecule has 1 aliphatic heterocycles. The fraction of sp³-hybridized carbons (Fsp3) is 0.208. The molecule has 3 aromatic carbocycles. The highest BCUT2D eigenvalue weighted by molar-refractivity contribution is 6.33. The summed E-state index contributed by atoms with van der Waals surface area (Å²) >= 11 is 12.7. The Balaban J connectivity index is 1.64. The third kappa shape index (κ3) is 4.57. The highest BCUT2D eigenvalue weighted by Crippen LogP contribution is 2.36. The van der Waals surface area contributed by atoms with Crippen molar-refractivity contribution < 1.29 is 0 Å². The molecule has 0 bridgehead atoms. The Kier molecular flexibility index (Phi) is 6.06. The van der Waals surface area contributed by atoms with Crippen LogP contribution in [0.5, 0.6) is 0 Å². The number of nitrogens with zero attached hydrogens (tertiary/aromatic N) is 3. The number of benzene rings is 3. The van der Waals surface area contributed by atoms with Crippen molar-refractivity contribution in [1.29, 1.82) is 5.26 Å². The highest BCUT2D eigenvalue weighted by Gasteiger charge is 2.29. The summed E-state index contributed by atoms with van der Waals surface area (Å²) in [6, 6.07) is 26.4. The van der Waals surface area contributed by atoms with Crippen LogP contribution in [0.2, 0.25) is 10.0 Å². The lowest BCUT2D eigenvalue weighted by Gasteiger charge is -2.43. The van der Waals surface area contributed by atoms with Crippen molar-refractivity contribution in [3.63, 3.8) is 0 Å². The van der Waals surface area contributed by atoms with E-state index in [4.69, 9.17) is 28.5 Å². The minimum Gasteiger partial charge on any atom is -0.361 e. The summed E-state index contributed by atoms with van der Waals surface area (Å²) in [4.78, 5) is 4.82. The molecular formula is C24H21Cl2N3. The van der Waals surface area contributed by atoms with Crippen LogP contribution in [0.15, 0.2) is 72.8 Å². The predicted molar refractivity (Wildman–Crippen MR) is 119 cm³/mol. The molecule has 0 N–H and O–H groups in total. The van der Waals surface area contributed by atoms with E-state index in [0.29, 0.717) is 10.6 Å². The van der Waals surface area contributed by atoms with Gasteiger partial charge in [0.2, 0.25) is 0 Å². The summed E-state index contributed by atoms with van der Waals surface area (Å²) in [5, 5.41) is 10.5. The first-order valence-electron chi connectivity index (χ1n) is 9.62. The maximum absolute atomic E-state index is 9.15. The second-order valence-electron chi connectivity index (χ2n) is 7.26. The summed E-state index contributed by atoms with van der Waals surface area (Å²) in [5.41, 5.74) is 4.05. The SMILES string of the molecule is N#Cc1ccc(N2CCN(Cc3ccccc3)C[C@H]2c2ccc(Cl)cc2)c(Cl)c1. The molecule has 29 heavy (non-hydrogen) atoms. The Labute approximate surface area is 181 Å². The lowest BCUT2D eigenvalue weighted by Crippen LogP contribution is -2.48. The molecule has 0 radical (unpaired) electrons. The highest BCUT2D eigenvalue weighted by atomic mass is 35.5. The van der Waals surface area contributed by atoms with Crippen LogP contribution in [-0.2, 0) is 6.54 Å². The number of piperazine rings is 1. The Bertz CT molecular complexity index is 1010. The number of hydrogen-bond acceptors (Lipinski definition) is 3. The molecule has 0 amide bonds. The van der Waals surface area contributed by atoms with Crippen LogP contribution in [0.25, 0.3) is 0 Å². The van der Waals surface area contributed by atoms with Gasteiger partial charge in [0.25, 0.3) is 0 Å². The second kappa shape index (κ2) is 8.88. The smallest absolute Gasteiger partial charge is 0.0992 e. The average Bonchev–Trinajstić information content (AvgIpc) is 2.75. The lowest BCUT2D eigenvalue weighted by molar-refractivity contribution is 0.215. The van der Waals surface area contributed by atoms with E-state index < -0.39 is 0 Å². The van der Waals surface area contributed by atoms with Gasteiger partial charge in [-0.1, -0.05) is 65.7 Å². The summed E-state index contributed by atoms with van der Waals surface area (Å²) in [7, 11) is 0. The Morgan fingerprint density at radius 2 is 1.69 bits per heavy atom. The first kappa shape index (κ1) is 19.8. The van der Waals surface area contributed by atoms with E-state index in [1.807, 2.05) is 30.3 Å². The molecule has 4 rings (SSSR count). The van der Waals surface area contributed by atoms with E-state index in [0.717, 1.165) is 36.9 Å². The number of anilines is 1. The predicted octanol–water partition coefficient (Wildman–Crippen LogP) is 5.93. The van der Waals surface area contributed by atoms with E-state index in [-0.39, 0.29) is 6.04 Å². The molecule has 0 saturated carbocycles. The molecule has 1 fully saturated rings. The fourth-order valence-electron chi connectivity index (χ4n) is 3.89. The Morgan fingerprint density at radius 1 is 0.931 bits per heavy atom. The number of hydrogen-bond donors (Lipinski definition) is 0. The number of halogens is 2. The van der Waals surface area contributed by atoms with Crippen LogP contribution < -0.4 is 4.90 Å². The molecule has 1 heterocycles. The summed E-state index contributed by atoms with van der Waals surface area (Å²) in [6.45, 7) is 3.59. The lowest BCUT2D eigenvalue weighted by atomic mass is 10.0. The van der Waals surface area contributed by atoms with Gasteiger partial charge in [0.15, 0.2) is 0 Å². The topological polar surface area (TPSA) is 30.3 Å². The fourth-order valence-corrected chi connectivity index (χ4v) is 4.31. The zero-order valence-corrected chi connectivity index (χ0v) is 17.4. The van der Waals surface area contributed by atoms with Crippen LogP contribution in [0, 0.1) is 11.3 Å². The van der Waals surface area contributed by atoms with Gasteiger partial charge >= 0.3 is 0 Å². The van der Waals surface area contributed by atoms with E-state index in [1.165, 1.54) is 11.1 Å². The van der Waals surface area contributed by atoms with Gasteiger partial charge in [-0.2, -0.15) is 5.26 Å². The van der Waals surface area contributed by atoms with Gasteiger partial charge in [0.05, 0.1) is 28.4 Å². The van der Waals surface area contributed by atoms with Crippen LogP contribution in [-0.4, -0.2) is 24.5 Å². The number of nitriles is 1. The molecule has 1 atom stereocenters. The van der Waals surface area contributed by atoms with Crippen molar-refractivity contribution in [3.05, 3.63) is 99.5 Å². The van der Waals surface area contributed by atoms with E-state index in [9.17, 15) is 0 Å². The second-order valence-corrected chi connectivity index (χ2v) is 8.10. The van der Waals surface area contributed by atoms with Gasteiger partial charge in [0.1, 0.15) is 0 Å². The molecule has 1 saturated heterocycles. The minimum atomic E-state index is 0.148. The molecule has 0 aliphatic carbocycles. The van der Waals surface area contributed by atoms with Crippen molar-refractivity contribution in [2.45, 2.75) is 12.6 Å². The summed E-state index contributed by atoms with van der Waals surface area (Å²) in [6.07, 6.45) is 0. The Hall–Kier alpha value is -2.51. The zero-order chi connectivity index (χ0) is 20.2. The standard InChI is InChI=1S/C24H21Cl2N3/c25-21-9-7-20(8-10-21)24-17-28(16-18-4-2-1-3-5-18)12-13-29(24)23-11-6-19(15-27)14-22(23)26/h1-11,14,24H,12-13,16-17H2/t24-/m0/s1. The van der Waals surface area contributed by atoms with Crippen LogP contribution in [0.1, 0.15) is 22.7 Å². The van der Waals surface area contributed by atoms with Crippen LogP contribution >= 0.6 is 23.2 Å². The van der Waals surface area contributed by atoms with E-state index in [2.05, 4.69) is 52.3 Å². The van der Waals surface area contributed by atoms with Crippen LogP contribution in [0.3, 0.4) is 0 Å². The molecule has 1 aliphatic rings. The summed E-state index contributed by atoms with van der Waals surface area (Å²) in [5.74, 6) is 0. The first-order chi connectivity index (χ1) is 14.1. The van der Waals surface area contributed by atoms with Crippen molar-refractivity contribution in [1.82, 2.24) is 4.90 Å². The van der Waals surface area contributed by atoms with E-state index in [1.54, 1.807) is 6.07 Å². The van der Waals surface area contributed by atoms with Gasteiger partial charge in [-0.25, -0.2) is 0 Å². The maximum Gasteiger partial charge on any atom is 0.0992 e. The largest absolute Gasteiger partial charge is 0.361 e. The van der Waals surface area contributed by atoms with Gasteiger partial charge in [0, 0.05) is 31.2 Å². The van der Waals surface area contributed by atoms with Crippen LogP contribution in [0.4, 0.5) is 5.69 Å². The molecule has 5 heteroatoms. The molecular weight excluding hydrogens is 401 g/mol. The average molecular weight is 422 g/mol. The van der Waals surface area contributed by atoms with E-state index >= 15 is 0 Å². The van der Waals surface area contributed by atoms with Gasteiger partial charge in [-0.3, -0.25) is 4.90 Å². The third-order valence-electron chi connectivity index (χ3n) is 5.35. The Morgan fingerprint density at radius 3 is 2.38 bits per heavy atom. The minimum absolute atomic E-state index is 0.148. The normalized spacial score (nSPS) is 17.1. The molecule has 0 spiro atoms. The monoisotopic (exact) mass is 421 g/mol. The van der Waals surface area contributed by atoms with Crippen molar-refractivity contribution in [2.75, 3.05) is 24.5 Å². The van der Waals surface area contributed by atoms with Gasteiger partial charge < -0.3 is 4.90 Å². The maximum atomic E-state index is 9.15. The summed E-state index contributed by atoms with van der Waals surface area (Å²) < 4.78 is 0. The van der Waals surface area contributed by atoms with Crippen molar-refractivity contribution in [3.8, 4) is 6.07 Å². The molecule has 0 unspecified atom stereocenters. The molecule has 3 nitrogen and oxygen atoms in total. The van der Waals surface area contributed by atoms with Gasteiger partial charge in [-0.05, 0) is 41.5 Å². The van der Waals surface area contributed by atoms with Gasteiger partial charge in [-0.15, -0.1) is 0 Å². The molecule has 3 aromatic rings. The van der Waals surface area contributed by atoms with Crippen molar-refractivity contribution in [2.24, 2.45) is 0 Å². The molecule has 0 aromatic heterocycles. The van der Waals surface area contributed by atoms with Crippen molar-refractivity contribution >= 4 is 28.9 Å². The molecule has 146 valence electrons. The quantitative estimate of drug-likeness (QED) is 0.522. The third-order valence-corrected chi connectivity index (χ3v) is 5.91.